The normalized spacial score (nSPS) is 23.5. The highest BCUT2D eigenvalue weighted by Gasteiger charge is 2.36. The first kappa shape index (κ1) is 14.8. The second-order valence-electron chi connectivity index (χ2n) is 5.60. The standard InChI is InChI=1S/C15H23ClN2O/c1-15(11-17,18-8-7-14(10-18)19-2)9-12-3-5-13(16)6-4-12/h3-6,14H,7-11,17H2,1-2H3. The molecule has 0 bridgehead atoms. The fraction of sp³-hybridized carbons (Fsp3) is 0.600. The molecule has 0 aliphatic carbocycles. The van der Waals surface area contributed by atoms with Crippen LogP contribution in [0, 0.1) is 0 Å². The molecule has 2 N–H and O–H groups in total. The lowest BCUT2D eigenvalue weighted by Gasteiger charge is -2.38. The van der Waals surface area contributed by atoms with E-state index in [4.69, 9.17) is 22.1 Å². The number of hydrogen-bond donors (Lipinski definition) is 1. The molecule has 19 heavy (non-hydrogen) atoms. The molecule has 1 saturated heterocycles. The molecule has 4 heteroatoms. The number of nitrogens with zero attached hydrogens (tertiary/aromatic N) is 1. The molecule has 2 unspecified atom stereocenters. The molecule has 2 rings (SSSR count). The van der Waals surface area contributed by atoms with Crippen LogP contribution in [0.2, 0.25) is 5.02 Å². The van der Waals surface area contributed by atoms with Crippen LogP contribution in [0.3, 0.4) is 0 Å². The van der Waals surface area contributed by atoms with Crippen molar-refractivity contribution in [2.24, 2.45) is 5.73 Å². The molecule has 0 saturated carbocycles. The van der Waals surface area contributed by atoms with E-state index in [2.05, 4.69) is 24.0 Å². The zero-order chi connectivity index (χ0) is 13.9. The van der Waals surface area contributed by atoms with Crippen molar-refractivity contribution in [2.75, 3.05) is 26.7 Å². The summed E-state index contributed by atoms with van der Waals surface area (Å²) in [6, 6.07) is 8.05. The van der Waals surface area contributed by atoms with E-state index in [1.807, 2.05) is 12.1 Å². The van der Waals surface area contributed by atoms with Gasteiger partial charge in [-0.05, 0) is 37.5 Å². The van der Waals surface area contributed by atoms with Crippen molar-refractivity contribution in [1.29, 1.82) is 0 Å². The molecular formula is C15H23ClN2O. The highest BCUT2D eigenvalue weighted by atomic mass is 35.5. The third-order valence-corrected chi connectivity index (χ3v) is 4.43. The van der Waals surface area contributed by atoms with Crippen LogP contribution in [0.25, 0.3) is 0 Å². The number of benzene rings is 1. The van der Waals surface area contributed by atoms with Crippen molar-refractivity contribution in [3.63, 3.8) is 0 Å². The molecule has 1 aromatic carbocycles. The van der Waals surface area contributed by atoms with Crippen molar-refractivity contribution in [3.05, 3.63) is 34.9 Å². The molecule has 0 radical (unpaired) electrons. The summed E-state index contributed by atoms with van der Waals surface area (Å²) < 4.78 is 5.45. The van der Waals surface area contributed by atoms with E-state index in [0.717, 1.165) is 31.0 Å². The molecule has 1 fully saturated rings. The van der Waals surface area contributed by atoms with Crippen molar-refractivity contribution in [3.8, 4) is 0 Å². The van der Waals surface area contributed by atoms with Gasteiger partial charge in [-0.1, -0.05) is 23.7 Å². The summed E-state index contributed by atoms with van der Waals surface area (Å²) in [7, 11) is 1.78. The van der Waals surface area contributed by atoms with Gasteiger partial charge in [-0.25, -0.2) is 0 Å². The zero-order valence-corrected chi connectivity index (χ0v) is 12.5. The van der Waals surface area contributed by atoms with Crippen LogP contribution in [0.4, 0.5) is 0 Å². The SMILES string of the molecule is COC1CCN(C(C)(CN)Cc2ccc(Cl)cc2)C1. The van der Waals surface area contributed by atoms with Gasteiger partial charge in [0.15, 0.2) is 0 Å². The van der Waals surface area contributed by atoms with E-state index >= 15 is 0 Å². The Bertz CT molecular complexity index is 409. The van der Waals surface area contributed by atoms with Crippen molar-refractivity contribution in [2.45, 2.75) is 31.4 Å². The molecule has 2 atom stereocenters. The fourth-order valence-electron chi connectivity index (χ4n) is 2.77. The molecule has 1 heterocycles. The Balaban J connectivity index is 2.07. The molecule has 0 spiro atoms. The number of rotatable bonds is 5. The van der Waals surface area contributed by atoms with Gasteiger partial charge in [0.25, 0.3) is 0 Å². The van der Waals surface area contributed by atoms with E-state index in [1.165, 1.54) is 5.56 Å². The van der Waals surface area contributed by atoms with Gasteiger partial charge in [-0.2, -0.15) is 0 Å². The van der Waals surface area contributed by atoms with Crippen LogP contribution in [0.5, 0.6) is 0 Å². The van der Waals surface area contributed by atoms with Crippen LogP contribution in [0.15, 0.2) is 24.3 Å². The lowest BCUT2D eigenvalue weighted by molar-refractivity contribution is 0.0802. The van der Waals surface area contributed by atoms with Crippen LogP contribution >= 0.6 is 11.6 Å². The predicted octanol–water partition coefficient (Wildman–Crippen LogP) is 2.32. The molecule has 1 aromatic rings. The summed E-state index contributed by atoms with van der Waals surface area (Å²) in [6.07, 6.45) is 2.38. The van der Waals surface area contributed by atoms with Gasteiger partial charge < -0.3 is 10.5 Å². The highest BCUT2D eigenvalue weighted by molar-refractivity contribution is 6.30. The van der Waals surface area contributed by atoms with Gasteiger partial charge in [-0.15, -0.1) is 0 Å². The fourth-order valence-corrected chi connectivity index (χ4v) is 2.89. The van der Waals surface area contributed by atoms with Gasteiger partial charge in [0.05, 0.1) is 6.10 Å². The Labute approximate surface area is 120 Å². The molecule has 1 aliphatic rings. The topological polar surface area (TPSA) is 38.5 Å². The van der Waals surface area contributed by atoms with Crippen LogP contribution in [0.1, 0.15) is 18.9 Å². The van der Waals surface area contributed by atoms with E-state index in [1.54, 1.807) is 7.11 Å². The van der Waals surface area contributed by atoms with Gasteiger partial charge in [-0.3, -0.25) is 4.90 Å². The van der Waals surface area contributed by atoms with Crippen LogP contribution in [-0.2, 0) is 11.2 Å². The monoisotopic (exact) mass is 282 g/mol. The summed E-state index contributed by atoms with van der Waals surface area (Å²) in [6.45, 7) is 4.91. The van der Waals surface area contributed by atoms with Crippen LogP contribution in [-0.4, -0.2) is 43.3 Å². The second-order valence-corrected chi connectivity index (χ2v) is 6.03. The first-order valence-corrected chi connectivity index (χ1v) is 7.17. The quantitative estimate of drug-likeness (QED) is 0.901. The summed E-state index contributed by atoms with van der Waals surface area (Å²) in [5, 5.41) is 0.777. The summed E-state index contributed by atoms with van der Waals surface area (Å²) in [5.74, 6) is 0. The first-order chi connectivity index (χ1) is 9.07. The number of ether oxygens (including phenoxy) is 1. The van der Waals surface area contributed by atoms with Crippen molar-refractivity contribution < 1.29 is 4.74 Å². The summed E-state index contributed by atoms with van der Waals surface area (Å²) >= 11 is 5.93. The van der Waals surface area contributed by atoms with E-state index in [0.29, 0.717) is 12.6 Å². The average molecular weight is 283 g/mol. The van der Waals surface area contributed by atoms with E-state index < -0.39 is 0 Å². The Kier molecular flexibility index (Phi) is 4.85. The minimum Gasteiger partial charge on any atom is -0.380 e. The number of nitrogens with two attached hydrogens (primary N) is 1. The highest BCUT2D eigenvalue weighted by Crippen LogP contribution is 2.26. The van der Waals surface area contributed by atoms with Crippen molar-refractivity contribution >= 4 is 11.6 Å². The van der Waals surface area contributed by atoms with Crippen molar-refractivity contribution in [1.82, 2.24) is 4.90 Å². The Morgan fingerprint density at radius 2 is 2.11 bits per heavy atom. The van der Waals surface area contributed by atoms with Gasteiger partial charge >= 0.3 is 0 Å². The smallest absolute Gasteiger partial charge is 0.0710 e. The zero-order valence-electron chi connectivity index (χ0n) is 11.7. The number of likely N-dealkylation sites (tertiary alicyclic amines) is 1. The Hall–Kier alpha value is -0.610. The average Bonchev–Trinajstić information content (AvgIpc) is 2.91. The molecular weight excluding hydrogens is 260 g/mol. The molecule has 3 nitrogen and oxygen atoms in total. The molecule has 106 valence electrons. The summed E-state index contributed by atoms with van der Waals surface area (Å²) in [5.41, 5.74) is 7.31. The second kappa shape index (κ2) is 6.23. The van der Waals surface area contributed by atoms with E-state index in [-0.39, 0.29) is 5.54 Å². The molecule has 1 aliphatic heterocycles. The lowest BCUT2D eigenvalue weighted by atomic mass is 9.91. The first-order valence-electron chi connectivity index (χ1n) is 6.80. The Morgan fingerprint density at radius 1 is 1.42 bits per heavy atom. The molecule has 0 amide bonds. The maximum absolute atomic E-state index is 6.04. The number of hydrogen-bond acceptors (Lipinski definition) is 3. The maximum Gasteiger partial charge on any atom is 0.0710 e. The molecule has 0 aromatic heterocycles. The Morgan fingerprint density at radius 3 is 2.63 bits per heavy atom. The predicted molar refractivity (Wildman–Crippen MR) is 79.6 cm³/mol. The summed E-state index contributed by atoms with van der Waals surface area (Å²) in [4.78, 5) is 2.45. The number of methoxy groups -OCH3 is 1. The third kappa shape index (κ3) is 3.48. The third-order valence-electron chi connectivity index (χ3n) is 4.18. The maximum atomic E-state index is 6.04. The largest absolute Gasteiger partial charge is 0.380 e. The lowest BCUT2D eigenvalue weighted by Crippen LogP contribution is -2.52. The van der Waals surface area contributed by atoms with Gasteiger partial charge in [0.1, 0.15) is 0 Å². The minimum atomic E-state index is -0.0128. The van der Waals surface area contributed by atoms with Gasteiger partial charge in [0.2, 0.25) is 0 Å². The van der Waals surface area contributed by atoms with Gasteiger partial charge in [0, 0.05) is 37.3 Å². The minimum absolute atomic E-state index is 0.0128. The number of halogens is 1. The van der Waals surface area contributed by atoms with E-state index in [9.17, 15) is 0 Å². The van der Waals surface area contributed by atoms with Crippen LogP contribution < -0.4 is 5.73 Å².